The van der Waals surface area contributed by atoms with Gasteiger partial charge in [0.05, 0.1) is 0 Å². The van der Waals surface area contributed by atoms with Crippen LogP contribution in [-0.2, 0) is 0 Å². The van der Waals surface area contributed by atoms with Crippen LogP contribution in [-0.4, -0.2) is 0 Å². The summed E-state index contributed by atoms with van der Waals surface area (Å²) < 4.78 is 0. The zero-order valence-corrected chi connectivity index (χ0v) is 11.9. The summed E-state index contributed by atoms with van der Waals surface area (Å²) in [6, 6.07) is 0. The molecule has 0 N–H and O–H groups in total. The average molecular weight is 225 g/mol. The lowest BCUT2D eigenvalue weighted by molar-refractivity contribution is 0.400. The Balaban J connectivity index is 3.18. The van der Waals surface area contributed by atoms with Gasteiger partial charge in [0.25, 0.3) is 0 Å². The molecule has 0 heteroatoms. The molecule has 0 nitrogen and oxygen atoms in total. The first-order chi connectivity index (χ1) is 7.70. The van der Waals surface area contributed by atoms with Crippen LogP contribution in [0.1, 0.15) is 85.0 Å². The molecule has 97 valence electrons. The molecule has 1 radical (unpaired) electrons. The van der Waals surface area contributed by atoms with Crippen LogP contribution in [0.3, 0.4) is 0 Å². The van der Waals surface area contributed by atoms with Crippen LogP contribution in [0.25, 0.3) is 0 Å². The van der Waals surface area contributed by atoms with Gasteiger partial charge in [-0.15, -0.1) is 0 Å². The van der Waals surface area contributed by atoms with Crippen LogP contribution in [0.4, 0.5) is 0 Å². The van der Waals surface area contributed by atoms with Crippen molar-refractivity contribution in [2.24, 2.45) is 11.8 Å². The van der Waals surface area contributed by atoms with E-state index in [2.05, 4.69) is 27.7 Å². The van der Waals surface area contributed by atoms with E-state index in [0.29, 0.717) is 5.92 Å². The first-order valence-corrected chi connectivity index (χ1v) is 7.53. The summed E-state index contributed by atoms with van der Waals surface area (Å²) in [6.07, 6.45) is 13.9. The fraction of sp³-hybridized carbons (Fsp3) is 0.938. The molecule has 0 fully saturated rings. The lowest BCUT2D eigenvalue weighted by atomic mass is 9.91. The average Bonchev–Trinajstić information content (AvgIpc) is 2.27. The molecule has 0 aliphatic carbocycles. The summed E-state index contributed by atoms with van der Waals surface area (Å²) in [5.41, 5.74) is 0. The lowest BCUT2D eigenvalue weighted by Gasteiger charge is -2.15. The van der Waals surface area contributed by atoms with Crippen molar-refractivity contribution in [1.82, 2.24) is 0 Å². The predicted octanol–water partition coefficient (Wildman–Crippen LogP) is 6.01. The highest BCUT2D eigenvalue weighted by Gasteiger charge is 2.06. The molecular formula is C16H33. The summed E-state index contributed by atoms with van der Waals surface area (Å²) in [5, 5.41) is 0. The van der Waals surface area contributed by atoms with Gasteiger partial charge >= 0.3 is 0 Å². The molecule has 16 heavy (non-hydrogen) atoms. The van der Waals surface area contributed by atoms with E-state index >= 15 is 0 Å². The standard InChI is InChI=1S/C16H33/c1-5-7-8-9-10-11-12-13-16(4)14-15(3)6-2/h15-16H,4-14H2,1-3H3. The van der Waals surface area contributed by atoms with Crippen molar-refractivity contribution in [2.75, 3.05) is 0 Å². The SMILES string of the molecule is [CH2]C(CCCCCCCCC)CC(C)CC. The molecule has 2 unspecified atom stereocenters. The van der Waals surface area contributed by atoms with Gasteiger partial charge in [-0.25, -0.2) is 0 Å². The Labute approximate surface area is 104 Å². The van der Waals surface area contributed by atoms with Gasteiger partial charge in [0.1, 0.15) is 0 Å². The quantitative estimate of drug-likeness (QED) is 0.377. The van der Waals surface area contributed by atoms with Gasteiger partial charge in [0.15, 0.2) is 0 Å². The molecule has 0 rings (SSSR count). The second-order valence-corrected chi connectivity index (χ2v) is 5.53. The Bertz CT molecular complexity index is 128. The molecule has 0 bridgehead atoms. The van der Waals surface area contributed by atoms with Gasteiger partial charge in [-0.2, -0.15) is 0 Å². The van der Waals surface area contributed by atoms with E-state index in [4.69, 9.17) is 0 Å². The third-order valence-corrected chi connectivity index (χ3v) is 3.65. The summed E-state index contributed by atoms with van der Waals surface area (Å²) in [5.74, 6) is 1.57. The first-order valence-electron chi connectivity index (χ1n) is 7.53. The van der Waals surface area contributed by atoms with Crippen LogP contribution in [0.2, 0.25) is 0 Å². The van der Waals surface area contributed by atoms with Crippen LogP contribution in [0.5, 0.6) is 0 Å². The number of rotatable bonds is 11. The zero-order valence-electron chi connectivity index (χ0n) is 11.9. The molecule has 0 amide bonds. The third kappa shape index (κ3) is 10.5. The second kappa shape index (κ2) is 11.5. The fourth-order valence-electron chi connectivity index (χ4n) is 2.24. The monoisotopic (exact) mass is 225 g/mol. The molecule has 0 spiro atoms. The maximum atomic E-state index is 4.27. The summed E-state index contributed by atoms with van der Waals surface area (Å²) in [7, 11) is 0. The van der Waals surface area contributed by atoms with Crippen molar-refractivity contribution in [1.29, 1.82) is 0 Å². The smallest absolute Gasteiger partial charge is 0.0412 e. The molecule has 0 aromatic carbocycles. The molecule has 2 atom stereocenters. The highest BCUT2D eigenvalue weighted by atomic mass is 14.1. The maximum Gasteiger partial charge on any atom is -0.0412 e. The van der Waals surface area contributed by atoms with Gasteiger partial charge in [-0.3, -0.25) is 0 Å². The molecule has 0 aliphatic heterocycles. The first kappa shape index (κ1) is 16.0. The Kier molecular flexibility index (Phi) is 11.5. The van der Waals surface area contributed by atoms with Crippen molar-refractivity contribution in [2.45, 2.75) is 85.0 Å². The molecule has 0 aliphatic rings. The zero-order chi connectivity index (χ0) is 12.2. The van der Waals surface area contributed by atoms with Gasteiger partial charge in [0, 0.05) is 0 Å². The third-order valence-electron chi connectivity index (χ3n) is 3.65. The lowest BCUT2D eigenvalue weighted by Crippen LogP contribution is -2.02. The Morgan fingerprint density at radius 3 is 2.00 bits per heavy atom. The minimum Gasteiger partial charge on any atom is -0.0654 e. The predicted molar refractivity (Wildman–Crippen MR) is 75.5 cm³/mol. The normalized spacial score (nSPS) is 15.0. The molecular weight excluding hydrogens is 192 g/mol. The van der Waals surface area contributed by atoms with E-state index in [0.717, 1.165) is 5.92 Å². The topological polar surface area (TPSA) is 0 Å². The van der Waals surface area contributed by atoms with Gasteiger partial charge < -0.3 is 0 Å². The minimum absolute atomic E-state index is 0.700. The Morgan fingerprint density at radius 2 is 1.44 bits per heavy atom. The van der Waals surface area contributed by atoms with Crippen LogP contribution in [0.15, 0.2) is 0 Å². The van der Waals surface area contributed by atoms with Gasteiger partial charge in [-0.05, 0) is 18.3 Å². The van der Waals surface area contributed by atoms with Crippen molar-refractivity contribution >= 4 is 0 Å². The minimum atomic E-state index is 0.700. The highest BCUT2D eigenvalue weighted by Crippen LogP contribution is 2.20. The number of unbranched alkanes of at least 4 members (excludes halogenated alkanes) is 6. The van der Waals surface area contributed by atoms with E-state index in [1.54, 1.807) is 0 Å². The van der Waals surface area contributed by atoms with E-state index in [1.165, 1.54) is 64.2 Å². The van der Waals surface area contributed by atoms with Crippen molar-refractivity contribution < 1.29 is 0 Å². The molecule has 0 heterocycles. The maximum absolute atomic E-state index is 4.27. The van der Waals surface area contributed by atoms with Gasteiger partial charge in [0.2, 0.25) is 0 Å². The molecule has 0 saturated carbocycles. The van der Waals surface area contributed by atoms with Crippen molar-refractivity contribution in [3.63, 3.8) is 0 Å². The van der Waals surface area contributed by atoms with Crippen LogP contribution < -0.4 is 0 Å². The second-order valence-electron chi connectivity index (χ2n) is 5.53. The van der Waals surface area contributed by atoms with Crippen molar-refractivity contribution in [3.05, 3.63) is 6.92 Å². The molecule has 0 aromatic rings. The van der Waals surface area contributed by atoms with Crippen LogP contribution in [0, 0.1) is 18.8 Å². The highest BCUT2D eigenvalue weighted by molar-refractivity contribution is 4.65. The Hall–Kier alpha value is 0. The number of hydrogen-bond donors (Lipinski definition) is 0. The molecule has 0 aromatic heterocycles. The van der Waals surface area contributed by atoms with Crippen molar-refractivity contribution in [3.8, 4) is 0 Å². The number of hydrogen-bond acceptors (Lipinski definition) is 0. The summed E-state index contributed by atoms with van der Waals surface area (Å²) in [6.45, 7) is 11.2. The fourth-order valence-corrected chi connectivity index (χ4v) is 2.24. The van der Waals surface area contributed by atoms with Crippen LogP contribution >= 0.6 is 0 Å². The largest absolute Gasteiger partial charge is 0.0654 e. The van der Waals surface area contributed by atoms with E-state index in [9.17, 15) is 0 Å². The molecule has 0 saturated heterocycles. The Morgan fingerprint density at radius 1 is 0.875 bits per heavy atom. The summed E-state index contributed by atoms with van der Waals surface area (Å²) >= 11 is 0. The van der Waals surface area contributed by atoms with E-state index < -0.39 is 0 Å². The van der Waals surface area contributed by atoms with E-state index in [1.807, 2.05) is 0 Å². The van der Waals surface area contributed by atoms with E-state index in [-0.39, 0.29) is 0 Å². The van der Waals surface area contributed by atoms with Gasteiger partial charge in [-0.1, -0.05) is 85.5 Å². The summed E-state index contributed by atoms with van der Waals surface area (Å²) in [4.78, 5) is 0.